The van der Waals surface area contributed by atoms with Crippen LogP contribution in [0, 0.1) is 12.8 Å². The van der Waals surface area contributed by atoms with Gasteiger partial charge in [0, 0.05) is 44.3 Å². The van der Waals surface area contributed by atoms with Crippen molar-refractivity contribution in [3.8, 4) is 0 Å². The highest BCUT2D eigenvalue weighted by atomic mass is 16.2. The summed E-state index contributed by atoms with van der Waals surface area (Å²) in [6, 6.07) is 5.34. The van der Waals surface area contributed by atoms with Gasteiger partial charge >= 0.3 is 0 Å². The van der Waals surface area contributed by atoms with Crippen molar-refractivity contribution in [2.45, 2.75) is 52.0 Å². The summed E-state index contributed by atoms with van der Waals surface area (Å²) in [6.07, 6.45) is 3.77. The fraction of sp³-hybridized carbons (Fsp3) is 0.591. The van der Waals surface area contributed by atoms with E-state index in [0.717, 1.165) is 24.8 Å². The lowest BCUT2D eigenvalue weighted by Crippen LogP contribution is -2.50. The summed E-state index contributed by atoms with van der Waals surface area (Å²) in [4.78, 5) is 41.5. The van der Waals surface area contributed by atoms with Crippen molar-refractivity contribution in [2.75, 3.05) is 31.9 Å². The molecule has 0 radical (unpaired) electrons. The molecular formula is C22H32N4O3. The second-order valence-electron chi connectivity index (χ2n) is 8.15. The Morgan fingerprint density at radius 2 is 2.00 bits per heavy atom. The van der Waals surface area contributed by atoms with Crippen molar-refractivity contribution >= 4 is 23.4 Å². The van der Waals surface area contributed by atoms with Crippen molar-refractivity contribution in [1.29, 1.82) is 0 Å². The first-order valence-corrected chi connectivity index (χ1v) is 10.6. The Kier molecular flexibility index (Phi) is 6.77. The highest BCUT2D eigenvalue weighted by Crippen LogP contribution is 2.22. The van der Waals surface area contributed by atoms with E-state index in [-0.39, 0.29) is 29.7 Å². The zero-order valence-corrected chi connectivity index (χ0v) is 17.4. The van der Waals surface area contributed by atoms with Crippen molar-refractivity contribution in [3.05, 3.63) is 29.3 Å². The number of anilines is 1. The molecule has 2 unspecified atom stereocenters. The largest absolute Gasteiger partial charge is 0.398 e. The van der Waals surface area contributed by atoms with E-state index in [0.29, 0.717) is 50.3 Å². The number of hydrogen-bond acceptors (Lipinski definition) is 4. The fourth-order valence-corrected chi connectivity index (χ4v) is 4.28. The summed E-state index contributed by atoms with van der Waals surface area (Å²) in [7, 11) is 0. The molecule has 158 valence electrons. The molecule has 2 aliphatic rings. The third kappa shape index (κ3) is 4.89. The molecule has 2 fully saturated rings. The molecule has 2 aliphatic heterocycles. The third-order valence-electron chi connectivity index (χ3n) is 6.12. The number of benzene rings is 1. The maximum atomic E-state index is 13.1. The SMILES string of the molecule is CCN1CC(C(=O)N2CCCCC(NC(=O)c3cccc(C)c3N)C2)CCC1=O. The summed E-state index contributed by atoms with van der Waals surface area (Å²) in [5.74, 6) is -0.0964. The normalized spacial score (nSPS) is 22.9. The molecular weight excluding hydrogens is 368 g/mol. The van der Waals surface area contributed by atoms with Crippen LogP contribution in [0.25, 0.3) is 0 Å². The maximum Gasteiger partial charge on any atom is 0.253 e. The molecule has 0 bridgehead atoms. The number of nitrogens with two attached hydrogens (primary N) is 1. The van der Waals surface area contributed by atoms with Gasteiger partial charge in [0.25, 0.3) is 5.91 Å². The van der Waals surface area contributed by atoms with Crippen molar-refractivity contribution < 1.29 is 14.4 Å². The summed E-state index contributed by atoms with van der Waals surface area (Å²) in [5, 5.41) is 3.08. The Morgan fingerprint density at radius 1 is 1.21 bits per heavy atom. The van der Waals surface area contributed by atoms with Crippen LogP contribution in [0.3, 0.4) is 0 Å². The molecule has 1 aromatic carbocycles. The van der Waals surface area contributed by atoms with Crippen LogP contribution < -0.4 is 11.1 Å². The van der Waals surface area contributed by atoms with Gasteiger partial charge in [0.2, 0.25) is 11.8 Å². The van der Waals surface area contributed by atoms with Crippen LogP contribution in [0.2, 0.25) is 0 Å². The molecule has 3 N–H and O–H groups in total. The molecule has 29 heavy (non-hydrogen) atoms. The molecule has 2 atom stereocenters. The van der Waals surface area contributed by atoms with Gasteiger partial charge in [-0.1, -0.05) is 12.1 Å². The number of nitrogens with one attached hydrogen (secondary N) is 1. The van der Waals surface area contributed by atoms with E-state index < -0.39 is 0 Å². The van der Waals surface area contributed by atoms with Gasteiger partial charge in [0.15, 0.2) is 0 Å². The van der Waals surface area contributed by atoms with Crippen LogP contribution in [0.4, 0.5) is 5.69 Å². The Morgan fingerprint density at radius 3 is 2.76 bits per heavy atom. The average Bonchev–Trinajstić information content (AvgIpc) is 2.95. The molecule has 7 nitrogen and oxygen atoms in total. The van der Waals surface area contributed by atoms with E-state index in [1.165, 1.54) is 0 Å². The summed E-state index contributed by atoms with van der Waals surface area (Å²) >= 11 is 0. The Bertz CT molecular complexity index is 779. The standard InChI is InChI=1S/C22H32N4O3/c1-3-25-13-16(10-11-19(25)27)22(29)26-12-5-4-8-17(14-26)24-21(28)18-9-6-7-15(2)20(18)23/h6-7,9,16-17H,3-5,8,10-14,23H2,1-2H3,(H,24,28). The van der Waals surface area contributed by atoms with Crippen LogP contribution in [-0.2, 0) is 9.59 Å². The Labute approximate surface area is 172 Å². The summed E-state index contributed by atoms with van der Waals surface area (Å²) in [6.45, 7) is 6.17. The minimum atomic E-state index is -0.189. The number of nitrogen functional groups attached to an aromatic ring is 1. The number of para-hydroxylation sites is 1. The smallest absolute Gasteiger partial charge is 0.253 e. The average molecular weight is 401 g/mol. The second-order valence-corrected chi connectivity index (χ2v) is 8.15. The molecule has 2 saturated heterocycles. The van der Waals surface area contributed by atoms with Crippen LogP contribution >= 0.6 is 0 Å². The van der Waals surface area contributed by atoms with E-state index in [1.54, 1.807) is 11.0 Å². The van der Waals surface area contributed by atoms with Crippen molar-refractivity contribution in [3.63, 3.8) is 0 Å². The van der Waals surface area contributed by atoms with Gasteiger partial charge < -0.3 is 20.9 Å². The molecule has 2 heterocycles. The lowest BCUT2D eigenvalue weighted by atomic mass is 9.95. The number of carbonyl (C=O) groups excluding carboxylic acids is 3. The molecule has 1 aromatic rings. The third-order valence-corrected chi connectivity index (χ3v) is 6.12. The first-order chi connectivity index (χ1) is 13.9. The number of rotatable bonds is 4. The first-order valence-electron chi connectivity index (χ1n) is 10.6. The van der Waals surface area contributed by atoms with E-state index in [9.17, 15) is 14.4 Å². The Hall–Kier alpha value is -2.57. The molecule has 0 spiro atoms. The molecule has 3 rings (SSSR count). The van der Waals surface area contributed by atoms with E-state index in [4.69, 9.17) is 5.73 Å². The maximum absolute atomic E-state index is 13.1. The minimum Gasteiger partial charge on any atom is -0.398 e. The Balaban J connectivity index is 1.65. The van der Waals surface area contributed by atoms with Crippen LogP contribution in [0.5, 0.6) is 0 Å². The van der Waals surface area contributed by atoms with Gasteiger partial charge in [0.05, 0.1) is 11.5 Å². The number of carbonyl (C=O) groups is 3. The number of likely N-dealkylation sites (tertiary alicyclic amines) is 2. The predicted octanol–water partition coefficient (Wildman–Crippen LogP) is 1.95. The van der Waals surface area contributed by atoms with E-state index >= 15 is 0 Å². The van der Waals surface area contributed by atoms with Gasteiger partial charge in [0.1, 0.15) is 0 Å². The molecule has 3 amide bonds. The lowest BCUT2D eigenvalue weighted by molar-refractivity contribution is -0.143. The van der Waals surface area contributed by atoms with Gasteiger partial charge in [-0.05, 0) is 51.2 Å². The zero-order valence-electron chi connectivity index (χ0n) is 17.4. The summed E-state index contributed by atoms with van der Waals surface area (Å²) in [5.41, 5.74) is 7.93. The zero-order chi connectivity index (χ0) is 21.0. The first kappa shape index (κ1) is 21.1. The quantitative estimate of drug-likeness (QED) is 0.755. The highest BCUT2D eigenvalue weighted by Gasteiger charge is 2.33. The minimum absolute atomic E-state index is 0.0960. The number of piperidine rings is 1. The molecule has 7 heteroatoms. The van der Waals surface area contributed by atoms with E-state index in [1.807, 2.05) is 30.9 Å². The number of hydrogen-bond donors (Lipinski definition) is 2. The van der Waals surface area contributed by atoms with Crippen LogP contribution in [0.1, 0.15) is 54.9 Å². The van der Waals surface area contributed by atoms with Gasteiger partial charge in [-0.25, -0.2) is 0 Å². The van der Waals surface area contributed by atoms with Crippen molar-refractivity contribution in [1.82, 2.24) is 15.1 Å². The number of amides is 3. The lowest BCUT2D eigenvalue weighted by Gasteiger charge is -2.35. The predicted molar refractivity (Wildman–Crippen MR) is 112 cm³/mol. The van der Waals surface area contributed by atoms with E-state index in [2.05, 4.69) is 5.32 Å². The topological polar surface area (TPSA) is 95.7 Å². The molecule has 0 saturated carbocycles. The fourth-order valence-electron chi connectivity index (χ4n) is 4.28. The highest BCUT2D eigenvalue weighted by molar-refractivity contribution is 5.99. The summed E-state index contributed by atoms with van der Waals surface area (Å²) < 4.78 is 0. The number of nitrogens with zero attached hydrogens (tertiary/aromatic N) is 2. The second kappa shape index (κ2) is 9.29. The van der Waals surface area contributed by atoms with Gasteiger partial charge in [-0.3, -0.25) is 14.4 Å². The van der Waals surface area contributed by atoms with Crippen molar-refractivity contribution in [2.24, 2.45) is 5.92 Å². The van der Waals surface area contributed by atoms with Gasteiger partial charge in [-0.15, -0.1) is 0 Å². The molecule has 0 aliphatic carbocycles. The molecule has 0 aromatic heterocycles. The monoisotopic (exact) mass is 400 g/mol. The van der Waals surface area contributed by atoms with Gasteiger partial charge in [-0.2, -0.15) is 0 Å². The number of aryl methyl sites for hydroxylation is 1. The van der Waals surface area contributed by atoms with Crippen LogP contribution in [0.15, 0.2) is 18.2 Å². The van der Waals surface area contributed by atoms with Crippen LogP contribution in [-0.4, -0.2) is 59.7 Å².